The van der Waals surface area contributed by atoms with E-state index >= 15 is 0 Å². The molecule has 1 N–H and O–H groups in total. The van der Waals surface area contributed by atoms with Gasteiger partial charge in [0.2, 0.25) is 0 Å². The molecule has 1 atom stereocenters. The molecule has 0 bridgehead atoms. The van der Waals surface area contributed by atoms with E-state index in [0.717, 1.165) is 45.9 Å². The summed E-state index contributed by atoms with van der Waals surface area (Å²) in [6.07, 6.45) is 0.942. The van der Waals surface area contributed by atoms with Gasteiger partial charge in [-0.25, -0.2) is 0 Å². The van der Waals surface area contributed by atoms with E-state index in [4.69, 9.17) is 21.1 Å². The van der Waals surface area contributed by atoms with Crippen LogP contribution in [0.2, 0.25) is 5.02 Å². The monoisotopic (exact) mass is 487 g/mol. The van der Waals surface area contributed by atoms with Gasteiger partial charge >= 0.3 is 0 Å². The molecule has 1 aliphatic heterocycles. The number of aromatic amines is 1. The maximum atomic E-state index is 13.6. The number of ether oxygens (including phenoxy) is 2. The first-order chi connectivity index (χ1) is 17.1. The number of amides is 1. The van der Waals surface area contributed by atoms with Crippen LogP contribution in [0.4, 0.5) is 0 Å². The van der Waals surface area contributed by atoms with Crippen LogP contribution in [-0.2, 0) is 6.54 Å². The van der Waals surface area contributed by atoms with Gasteiger partial charge in [0, 0.05) is 22.7 Å². The van der Waals surface area contributed by atoms with Crippen molar-refractivity contribution in [3.63, 3.8) is 0 Å². The average molecular weight is 488 g/mol. The molecule has 3 aromatic carbocycles. The van der Waals surface area contributed by atoms with Gasteiger partial charge in [0.1, 0.15) is 17.2 Å². The largest absolute Gasteiger partial charge is 0.497 e. The molecule has 0 fully saturated rings. The number of halogens is 1. The van der Waals surface area contributed by atoms with Gasteiger partial charge in [-0.05, 0) is 53.9 Å². The number of hydrogen-bond acceptors (Lipinski definition) is 4. The van der Waals surface area contributed by atoms with Crippen LogP contribution in [0.3, 0.4) is 0 Å². The van der Waals surface area contributed by atoms with Gasteiger partial charge in [-0.1, -0.05) is 54.9 Å². The summed E-state index contributed by atoms with van der Waals surface area (Å²) in [5.41, 5.74) is 5.04. The minimum absolute atomic E-state index is 0.0835. The number of methoxy groups -OCH3 is 1. The van der Waals surface area contributed by atoms with Gasteiger partial charge in [-0.3, -0.25) is 9.89 Å². The van der Waals surface area contributed by atoms with E-state index in [9.17, 15) is 4.79 Å². The van der Waals surface area contributed by atoms with Crippen molar-refractivity contribution >= 4 is 17.5 Å². The number of aromatic nitrogens is 2. The third-order valence-corrected chi connectivity index (χ3v) is 6.41. The number of nitrogens with one attached hydrogen (secondary N) is 1. The highest BCUT2D eigenvalue weighted by Gasteiger charge is 2.42. The normalized spacial score (nSPS) is 14.8. The number of carbonyl (C=O) groups excluding carboxylic acids is 1. The number of hydrogen-bond donors (Lipinski definition) is 1. The smallest absolute Gasteiger partial charge is 0.273 e. The number of H-pyrrole nitrogens is 1. The third kappa shape index (κ3) is 4.49. The van der Waals surface area contributed by atoms with E-state index in [-0.39, 0.29) is 11.9 Å². The Hall–Kier alpha value is -3.77. The molecule has 35 heavy (non-hydrogen) atoms. The highest BCUT2D eigenvalue weighted by molar-refractivity contribution is 6.30. The quantitative estimate of drug-likeness (QED) is 0.318. The van der Waals surface area contributed by atoms with E-state index < -0.39 is 0 Å². The molecule has 0 aliphatic carbocycles. The predicted molar refractivity (Wildman–Crippen MR) is 136 cm³/mol. The van der Waals surface area contributed by atoms with Crippen molar-refractivity contribution in [1.82, 2.24) is 15.1 Å². The van der Waals surface area contributed by atoms with Crippen molar-refractivity contribution in [3.8, 4) is 22.8 Å². The molecule has 7 heteroatoms. The van der Waals surface area contributed by atoms with Crippen LogP contribution in [0, 0.1) is 0 Å². The van der Waals surface area contributed by atoms with Crippen LogP contribution in [-0.4, -0.2) is 34.7 Å². The van der Waals surface area contributed by atoms with Crippen molar-refractivity contribution < 1.29 is 14.3 Å². The molecule has 1 unspecified atom stereocenters. The van der Waals surface area contributed by atoms with Gasteiger partial charge in [0.25, 0.3) is 5.91 Å². The average Bonchev–Trinajstić information content (AvgIpc) is 3.43. The van der Waals surface area contributed by atoms with Gasteiger partial charge in [0.15, 0.2) is 0 Å². The second-order valence-corrected chi connectivity index (χ2v) is 8.91. The number of nitrogens with zero attached hydrogens (tertiary/aromatic N) is 2. The molecule has 5 rings (SSSR count). The van der Waals surface area contributed by atoms with E-state index in [0.29, 0.717) is 23.9 Å². The predicted octanol–water partition coefficient (Wildman–Crippen LogP) is 6.27. The Morgan fingerprint density at radius 2 is 1.66 bits per heavy atom. The summed E-state index contributed by atoms with van der Waals surface area (Å²) >= 11 is 6.11. The Morgan fingerprint density at radius 3 is 2.31 bits per heavy atom. The van der Waals surface area contributed by atoms with Crippen molar-refractivity contribution in [2.75, 3.05) is 13.7 Å². The summed E-state index contributed by atoms with van der Waals surface area (Å²) in [7, 11) is 1.64. The molecule has 0 spiro atoms. The van der Waals surface area contributed by atoms with Gasteiger partial charge in [-0.2, -0.15) is 5.10 Å². The van der Waals surface area contributed by atoms with Crippen molar-refractivity contribution in [1.29, 1.82) is 0 Å². The SMILES string of the molecule is CCCOc1ccc(C2c3c(-c4ccc(Cl)cc4)n[nH]c3C(=O)N2Cc2ccc(OC)cc2)cc1. The Bertz CT molecular complexity index is 1320. The molecule has 2 heterocycles. The zero-order valence-electron chi connectivity index (χ0n) is 19.6. The van der Waals surface area contributed by atoms with Crippen LogP contribution < -0.4 is 9.47 Å². The molecular weight excluding hydrogens is 462 g/mol. The summed E-state index contributed by atoms with van der Waals surface area (Å²) in [4.78, 5) is 15.5. The number of carbonyl (C=O) groups is 1. The zero-order valence-corrected chi connectivity index (χ0v) is 20.4. The molecule has 6 nitrogen and oxygen atoms in total. The fourth-order valence-corrected chi connectivity index (χ4v) is 4.55. The topological polar surface area (TPSA) is 67.5 Å². The van der Waals surface area contributed by atoms with E-state index in [2.05, 4.69) is 17.1 Å². The van der Waals surface area contributed by atoms with Gasteiger partial charge < -0.3 is 14.4 Å². The fraction of sp³-hybridized carbons (Fsp3) is 0.214. The molecule has 1 amide bonds. The lowest BCUT2D eigenvalue weighted by Crippen LogP contribution is -2.29. The second kappa shape index (κ2) is 9.84. The first kappa shape index (κ1) is 23.0. The number of fused-ring (bicyclic) bond motifs is 1. The minimum atomic E-state index is -0.302. The summed E-state index contributed by atoms with van der Waals surface area (Å²) in [5.74, 6) is 1.51. The van der Waals surface area contributed by atoms with Crippen molar-refractivity contribution in [2.45, 2.75) is 25.9 Å². The lowest BCUT2D eigenvalue weighted by atomic mass is 9.96. The number of rotatable bonds is 8. The molecule has 1 aromatic heterocycles. The van der Waals surface area contributed by atoms with Crippen LogP contribution >= 0.6 is 11.6 Å². The standard InChI is InChI=1S/C28H26ClN3O3/c1-3-16-35-23-14-8-20(9-15-23)27-24-25(19-6-10-21(29)11-7-19)30-31-26(24)28(33)32(27)17-18-4-12-22(34-2)13-5-18/h4-15,27H,3,16-17H2,1-2H3,(H,30,31). The van der Waals surface area contributed by atoms with Crippen LogP contribution in [0.15, 0.2) is 72.8 Å². The van der Waals surface area contributed by atoms with Crippen LogP contribution in [0.5, 0.6) is 11.5 Å². The van der Waals surface area contributed by atoms with Crippen LogP contribution in [0.25, 0.3) is 11.3 Å². The third-order valence-electron chi connectivity index (χ3n) is 6.16. The zero-order chi connectivity index (χ0) is 24.4. The maximum Gasteiger partial charge on any atom is 0.273 e. The maximum absolute atomic E-state index is 13.6. The second-order valence-electron chi connectivity index (χ2n) is 8.47. The fourth-order valence-electron chi connectivity index (χ4n) is 4.43. The lowest BCUT2D eigenvalue weighted by molar-refractivity contribution is 0.0730. The Morgan fingerprint density at radius 1 is 0.971 bits per heavy atom. The summed E-state index contributed by atoms with van der Waals surface area (Å²) in [6, 6.07) is 23.0. The molecule has 178 valence electrons. The van der Waals surface area contributed by atoms with Crippen molar-refractivity contribution in [3.05, 3.63) is 100 Å². The highest BCUT2D eigenvalue weighted by Crippen LogP contribution is 2.44. The van der Waals surface area contributed by atoms with E-state index in [1.54, 1.807) is 7.11 Å². The Kier molecular flexibility index (Phi) is 6.47. The van der Waals surface area contributed by atoms with E-state index in [1.165, 1.54) is 0 Å². The summed E-state index contributed by atoms with van der Waals surface area (Å²) < 4.78 is 11.1. The van der Waals surface area contributed by atoms with Gasteiger partial charge in [0.05, 0.1) is 25.5 Å². The first-order valence-corrected chi connectivity index (χ1v) is 12.0. The van der Waals surface area contributed by atoms with E-state index in [1.807, 2.05) is 77.7 Å². The Labute approximate surface area is 209 Å². The molecular formula is C28H26ClN3O3. The summed E-state index contributed by atoms with van der Waals surface area (Å²) in [5, 5.41) is 8.18. The van der Waals surface area contributed by atoms with Crippen molar-refractivity contribution in [2.24, 2.45) is 0 Å². The number of benzene rings is 3. The molecule has 0 saturated carbocycles. The lowest BCUT2D eigenvalue weighted by Gasteiger charge is -2.27. The molecule has 0 saturated heterocycles. The minimum Gasteiger partial charge on any atom is -0.497 e. The molecule has 4 aromatic rings. The highest BCUT2D eigenvalue weighted by atomic mass is 35.5. The first-order valence-electron chi connectivity index (χ1n) is 11.6. The van der Waals surface area contributed by atoms with Gasteiger partial charge in [-0.15, -0.1) is 0 Å². The van der Waals surface area contributed by atoms with Crippen LogP contribution in [0.1, 0.15) is 46.6 Å². The Balaban J connectivity index is 1.56. The summed E-state index contributed by atoms with van der Waals surface area (Å²) in [6.45, 7) is 3.19. The molecule has 0 radical (unpaired) electrons. The molecule has 1 aliphatic rings.